The molecule has 9 heteroatoms. The van der Waals surface area contributed by atoms with Crippen molar-refractivity contribution in [2.24, 2.45) is 0 Å². The number of amides is 1. The molecule has 2 aromatic heterocycles. The molecule has 1 saturated heterocycles. The van der Waals surface area contributed by atoms with Crippen LogP contribution in [0.15, 0.2) is 30.3 Å². The van der Waals surface area contributed by atoms with E-state index < -0.39 is 0 Å². The number of hydrogen-bond acceptors (Lipinski definition) is 6. The van der Waals surface area contributed by atoms with Crippen LogP contribution in [0.3, 0.4) is 0 Å². The van der Waals surface area contributed by atoms with Crippen molar-refractivity contribution in [1.29, 1.82) is 0 Å². The van der Waals surface area contributed by atoms with E-state index in [-0.39, 0.29) is 18.1 Å². The number of aromatic nitrogens is 4. The van der Waals surface area contributed by atoms with Gasteiger partial charge in [0.15, 0.2) is 11.5 Å². The molecule has 1 fully saturated rings. The molecule has 1 amide bonds. The first-order valence-corrected chi connectivity index (χ1v) is 9.70. The van der Waals surface area contributed by atoms with Crippen LogP contribution < -0.4 is 10.2 Å². The van der Waals surface area contributed by atoms with Crippen molar-refractivity contribution in [1.82, 2.24) is 24.7 Å². The molecule has 0 spiro atoms. The van der Waals surface area contributed by atoms with Crippen molar-refractivity contribution < 1.29 is 9.18 Å². The topological polar surface area (TPSA) is 78.7 Å². The number of nitrogens with one attached hydrogen (secondary N) is 1. The molecule has 3 aromatic rings. The van der Waals surface area contributed by atoms with E-state index in [4.69, 9.17) is 5.10 Å². The fourth-order valence-electron chi connectivity index (χ4n) is 3.39. The first kappa shape index (κ1) is 19.3. The highest BCUT2D eigenvalue weighted by Crippen LogP contribution is 2.17. The van der Waals surface area contributed by atoms with Gasteiger partial charge >= 0.3 is 0 Å². The van der Waals surface area contributed by atoms with E-state index in [1.54, 1.807) is 17.5 Å². The largest absolute Gasteiger partial charge is 0.353 e. The molecule has 1 aromatic carbocycles. The smallest absolute Gasteiger partial charge is 0.224 e. The van der Waals surface area contributed by atoms with E-state index >= 15 is 0 Å². The summed E-state index contributed by atoms with van der Waals surface area (Å²) in [6.45, 7) is 5.60. The predicted octanol–water partition coefficient (Wildman–Crippen LogP) is 1.89. The second-order valence-electron chi connectivity index (χ2n) is 7.38. The van der Waals surface area contributed by atoms with Gasteiger partial charge < -0.3 is 15.1 Å². The van der Waals surface area contributed by atoms with Crippen molar-refractivity contribution in [2.45, 2.75) is 19.8 Å². The van der Waals surface area contributed by atoms with Gasteiger partial charge in [-0.05, 0) is 49.9 Å². The van der Waals surface area contributed by atoms with Crippen molar-refractivity contribution in [3.8, 4) is 0 Å². The molecule has 1 aliphatic rings. The number of fused-ring (bicyclic) bond motifs is 1. The Balaban J connectivity index is 1.43. The monoisotopic (exact) mass is 397 g/mol. The standard InChI is InChI=1S/C20H24FN7O/c1-14-13-15(21)3-4-16(14)22-20(29)8-7-18-24-23-17-5-6-19(25-28(17)18)27-11-9-26(2)10-12-27/h3-6,13H,7-12H2,1-2H3,(H,22,29). The maximum absolute atomic E-state index is 13.2. The summed E-state index contributed by atoms with van der Waals surface area (Å²) in [5, 5.41) is 15.9. The second-order valence-corrected chi connectivity index (χ2v) is 7.38. The van der Waals surface area contributed by atoms with Gasteiger partial charge in [0.05, 0.1) is 0 Å². The van der Waals surface area contributed by atoms with Crippen molar-refractivity contribution in [3.05, 3.63) is 47.5 Å². The minimum absolute atomic E-state index is 0.160. The van der Waals surface area contributed by atoms with Crippen LogP contribution in [0.4, 0.5) is 15.9 Å². The number of carbonyl (C=O) groups is 1. The normalized spacial score (nSPS) is 15.1. The quantitative estimate of drug-likeness (QED) is 0.709. The molecule has 152 valence electrons. The van der Waals surface area contributed by atoms with Gasteiger partial charge in [-0.25, -0.2) is 4.39 Å². The number of benzene rings is 1. The number of likely N-dealkylation sites (N-methyl/N-ethyl adjacent to an activating group) is 1. The van der Waals surface area contributed by atoms with Gasteiger partial charge in [0, 0.05) is 44.7 Å². The van der Waals surface area contributed by atoms with Crippen LogP contribution in [-0.4, -0.2) is 63.8 Å². The Bertz CT molecular complexity index is 1030. The third-order valence-electron chi connectivity index (χ3n) is 5.18. The second kappa shape index (κ2) is 8.12. The SMILES string of the molecule is Cc1cc(F)ccc1NC(=O)CCc1nnc2ccc(N3CCN(C)CC3)nn12. The summed E-state index contributed by atoms with van der Waals surface area (Å²) in [6, 6.07) is 8.16. The van der Waals surface area contributed by atoms with Crippen LogP contribution >= 0.6 is 0 Å². The van der Waals surface area contributed by atoms with E-state index in [2.05, 4.69) is 32.4 Å². The van der Waals surface area contributed by atoms with Gasteiger partial charge in [0.25, 0.3) is 0 Å². The van der Waals surface area contributed by atoms with Crippen LogP contribution in [0.1, 0.15) is 17.8 Å². The third kappa shape index (κ3) is 4.34. The number of rotatable bonds is 5. The summed E-state index contributed by atoms with van der Waals surface area (Å²) in [5.41, 5.74) is 1.95. The molecule has 0 radical (unpaired) electrons. The molecule has 0 bridgehead atoms. The van der Waals surface area contributed by atoms with E-state index in [0.29, 0.717) is 29.1 Å². The van der Waals surface area contributed by atoms with Gasteiger partial charge in [-0.2, -0.15) is 4.52 Å². The van der Waals surface area contributed by atoms with Gasteiger partial charge in [-0.3, -0.25) is 4.79 Å². The Hall–Kier alpha value is -3.07. The van der Waals surface area contributed by atoms with E-state index in [0.717, 1.165) is 32.0 Å². The average Bonchev–Trinajstić information content (AvgIpc) is 3.11. The number of anilines is 2. The first-order valence-electron chi connectivity index (χ1n) is 9.70. The Kier molecular flexibility index (Phi) is 5.39. The van der Waals surface area contributed by atoms with E-state index in [1.165, 1.54) is 12.1 Å². The zero-order valence-electron chi connectivity index (χ0n) is 16.6. The fourth-order valence-corrected chi connectivity index (χ4v) is 3.39. The highest BCUT2D eigenvalue weighted by Gasteiger charge is 2.17. The Morgan fingerprint density at radius 2 is 1.93 bits per heavy atom. The molecule has 1 N–H and O–H groups in total. The summed E-state index contributed by atoms with van der Waals surface area (Å²) in [4.78, 5) is 16.9. The fraction of sp³-hybridized carbons (Fsp3) is 0.400. The lowest BCUT2D eigenvalue weighted by Crippen LogP contribution is -2.45. The predicted molar refractivity (Wildman–Crippen MR) is 109 cm³/mol. The molecule has 0 unspecified atom stereocenters. The molecule has 0 atom stereocenters. The number of carbonyl (C=O) groups excluding carboxylic acids is 1. The lowest BCUT2D eigenvalue weighted by Gasteiger charge is -2.33. The Morgan fingerprint density at radius 1 is 1.14 bits per heavy atom. The molecule has 1 aliphatic heterocycles. The molecule has 0 aliphatic carbocycles. The minimum atomic E-state index is -0.322. The van der Waals surface area contributed by atoms with E-state index in [1.807, 2.05) is 12.1 Å². The van der Waals surface area contributed by atoms with Crippen LogP contribution in [-0.2, 0) is 11.2 Å². The third-order valence-corrected chi connectivity index (χ3v) is 5.18. The average molecular weight is 397 g/mol. The van der Waals surface area contributed by atoms with Crippen LogP contribution in [0, 0.1) is 12.7 Å². The molecular formula is C20H24FN7O. The summed E-state index contributed by atoms with van der Waals surface area (Å²) >= 11 is 0. The number of nitrogens with zero attached hydrogens (tertiary/aromatic N) is 6. The molecule has 29 heavy (non-hydrogen) atoms. The van der Waals surface area contributed by atoms with E-state index in [9.17, 15) is 9.18 Å². The molecular weight excluding hydrogens is 373 g/mol. The zero-order chi connectivity index (χ0) is 20.4. The minimum Gasteiger partial charge on any atom is -0.353 e. The van der Waals surface area contributed by atoms with Crippen LogP contribution in [0.25, 0.3) is 5.65 Å². The molecule has 0 saturated carbocycles. The number of aryl methyl sites for hydroxylation is 2. The van der Waals surface area contributed by atoms with Crippen molar-refractivity contribution in [3.63, 3.8) is 0 Å². The summed E-state index contributed by atoms with van der Waals surface area (Å²) < 4.78 is 14.9. The lowest BCUT2D eigenvalue weighted by atomic mass is 10.2. The van der Waals surface area contributed by atoms with Gasteiger partial charge in [0.2, 0.25) is 5.91 Å². The molecule has 4 rings (SSSR count). The van der Waals surface area contributed by atoms with Crippen LogP contribution in [0.2, 0.25) is 0 Å². The molecule has 8 nitrogen and oxygen atoms in total. The number of piperazine rings is 1. The van der Waals surface area contributed by atoms with Crippen molar-refractivity contribution in [2.75, 3.05) is 43.4 Å². The maximum Gasteiger partial charge on any atom is 0.224 e. The number of hydrogen-bond donors (Lipinski definition) is 1. The highest BCUT2D eigenvalue weighted by atomic mass is 19.1. The number of halogens is 1. The highest BCUT2D eigenvalue weighted by molar-refractivity contribution is 5.91. The lowest BCUT2D eigenvalue weighted by molar-refractivity contribution is -0.116. The summed E-state index contributed by atoms with van der Waals surface area (Å²) in [6.07, 6.45) is 0.643. The molecule has 3 heterocycles. The Morgan fingerprint density at radius 3 is 2.69 bits per heavy atom. The summed E-state index contributed by atoms with van der Waals surface area (Å²) in [5.74, 6) is 1.05. The van der Waals surface area contributed by atoms with Crippen molar-refractivity contribution >= 4 is 23.1 Å². The van der Waals surface area contributed by atoms with Gasteiger partial charge in [0.1, 0.15) is 11.6 Å². The maximum atomic E-state index is 13.2. The summed E-state index contributed by atoms with van der Waals surface area (Å²) in [7, 11) is 2.12. The van der Waals surface area contributed by atoms with Gasteiger partial charge in [-0.1, -0.05) is 0 Å². The first-order chi connectivity index (χ1) is 14.0. The van der Waals surface area contributed by atoms with Crippen LogP contribution in [0.5, 0.6) is 0 Å². The zero-order valence-corrected chi connectivity index (χ0v) is 16.6. The van der Waals surface area contributed by atoms with Gasteiger partial charge in [-0.15, -0.1) is 15.3 Å². The Labute approximate surface area is 168 Å².